The molecule has 0 aromatic heterocycles. The van der Waals surface area contributed by atoms with Crippen molar-refractivity contribution in [2.24, 2.45) is 23.7 Å². The number of ether oxygens (including phenoxy) is 2. The average molecular weight is 593 g/mol. The molecular formula is C31H56N6O5. The number of likely N-dealkylation sites (tertiary alicyclic amines) is 2. The standard InChI is InChI=1S/C31H56N6O5/c1-20-15-37(22(3)38)11-8-28(20)35-30-13-24(6-9-32-30)31(40)33-14-26(39)17-36-10-7-23-12-27(5-4-25(23)16-36)41-18-29-21(2)34-19-42-29/h20-21,23-30,32,34-35,39H,4-19H2,1-3H3,(H,33,40)/t20?,21?,23?,24?,25?,26-,27?,28?,29?,30?/m0/s1. The Hall–Kier alpha value is -1.34. The van der Waals surface area contributed by atoms with Gasteiger partial charge in [0, 0.05) is 57.6 Å². The number of piperidine rings is 3. The van der Waals surface area contributed by atoms with E-state index >= 15 is 0 Å². The lowest BCUT2D eigenvalue weighted by Crippen LogP contribution is -2.58. The quantitative estimate of drug-likeness (QED) is 0.246. The molecule has 11 nitrogen and oxygen atoms in total. The number of nitrogens with zero attached hydrogens (tertiary/aromatic N) is 2. The van der Waals surface area contributed by atoms with E-state index < -0.39 is 6.10 Å². The Morgan fingerprint density at radius 2 is 1.90 bits per heavy atom. The lowest BCUT2D eigenvalue weighted by Gasteiger charge is -2.44. The van der Waals surface area contributed by atoms with Gasteiger partial charge < -0.3 is 35.0 Å². The molecule has 4 aliphatic heterocycles. The number of aliphatic hydroxyl groups excluding tert-OH is 1. The van der Waals surface area contributed by atoms with Gasteiger partial charge in [0.2, 0.25) is 11.8 Å². The summed E-state index contributed by atoms with van der Waals surface area (Å²) in [6.45, 7) is 12.6. The molecule has 2 amide bonds. The molecule has 42 heavy (non-hydrogen) atoms. The van der Waals surface area contributed by atoms with Crippen molar-refractivity contribution >= 4 is 11.8 Å². The summed E-state index contributed by atoms with van der Waals surface area (Å²) < 4.78 is 12.0. The Morgan fingerprint density at radius 1 is 1.05 bits per heavy atom. The van der Waals surface area contributed by atoms with Gasteiger partial charge in [-0.1, -0.05) is 6.92 Å². The predicted octanol–water partition coefficient (Wildman–Crippen LogP) is 0.477. The van der Waals surface area contributed by atoms with Gasteiger partial charge in [-0.05, 0) is 82.7 Å². The van der Waals surface area contributed by atoms with Crippen LogP contribution in [-0.4, -0.2) is 122 Å². The molecule has 1 saturated carbocycles. The van der Waals surface area contributed by atoms with Crippen LogP contribution in [0.1, 0.15) is 65.7 Å². The molecule has 0 aromatic rings. The fraction of sp³-hybridized carbons (Fsp3) is 0.935. The highest BCUT2D eigenvalue weighted by molar-refractivity contribution is 5.78. The molecule has 5 aliphatic rings. The Bertz CT molecular complexity index is 896. The van der Waals surface area contributed by atoms with Crippen LogP contribution in [0.25, 0.3) is 0 Å². The van der Waals surface area contributed by atoms with Crippen LogP contribution in [0.15, 0.2) is 0 Å². The maximum atomic E-state index is 13.0. The van der Waals surface area contributed by atoms with Crippen LogP contribution >= 0.6 is 0 Å². The summed E-state index contributed by atoms with van der Waals surface area (Å²) in [7, 11) is 0. The van der Waals surface area contributed by atoms with Crippen LogP contribution in [-0.2, 0) is 19.1 Å². The number of β-amino-alcohol motifs (C(OH)–C–C–N with tert-alkyl or cyclic N) is 1. The monoisotopic (exact) mass is 592 g/mol. The molecule has 9 unspecified atom stereocenters. The largest absolute Gasteiger partial charge is 0.390 e. The smallest absolute Gasteiger partial charge is 0.223 e. The van der Waals surface area contributed by atoms with Crippen LogP contribution in [0.5, 0.6) is 0 Å². The zero-order chi connectivity index (χ0) is 29.6. The number of aliphatic hydroxyl groups is 1. The molecule has 240 valence electrons. The molecule has 5 N–H and O–H groups in total. The van der Waals surface area contributed by atoms with E-state index in [1.165, 1.54) is 6.42 Å². The minimum Gasteiger partial charge on any atom is -0.390 e. The average Bonchev–Trinajstić information content (AvgIpc) is 3.40. The van der Waals surface area contributed by atoms with Crippen molar-refractivity contribution in [1.29, 1.82) is 0 Å². The number of hydrogen-bond donors (Lipinski definition) is 5. The summed E-state index contributed by atoms with van der Waals surface area (Å²) in [5, 5.41) is 24.4. The number of carbonyl (C=O) groups is 2. The Kier molecular flexibility index (Phi) is 11.5. The third-order valence-electron chi connectivity index (χ3n) is 10.7. The molecule has 0 spiro atoms. The van der Waals surface area contributed by atoms with E-state index in [1.54, 1.807) is 6.92 Å². The second-order valence-corrected chi connectivity index (χ2v) is 13.8. The van der Waals surface area contributed by atoms with Gasteiger partial charge in [0.05, 0.1) is 37.8 Å². The topological polar surface area (TPSA) is 127 Å². The van der Waals surface area contributed by atoms with Crippen molar-refractivity contribution in [2.75, 3.05) is 59.2 Å². The summed E-state index contributed by atoms with van der Waals surface area (Å²) in [4.78, 5) is 29.1. The van der Waals surface area contributed by atoms with Crippen molar-refractivity contribution in [3.05, 3.63) is 0 Å². The first-order valence-corrected chi connectivity index (χ1v) is 16.6. The van der Waals surface area contributed by atoms with Crippen molar-refractivity contribution < 1.29 is 24.2 Å². The van der Waals surface area contributed by atoms with Crippen molar-refractivity contribution in [2.45, 2.75) is 102 Å². The first-order chi connectivity index (χ1) is 20.2. The summed E-state index contributed by atoms with van der Waals surface area (Å²) in [6, 6.07) is 0.688. The maximum absolute atomic E-state index is 13.0. The fourth-order valence-corrected chi connectivity index (χ4v) is 7.90. The molecule has 1 aliphatic carbocycles. The molecule has 5 rings (SSSR count). The van der Waals surface area contributed by atoms with Gasteiger partial charge in [-0.2, -0.15) is 0 Å². The van der Waals surface area contributed by atoms with Gasteiger partial charge >= 0.3 is 0 Å². The Labute approximate surface area is 252 Å². The van der Waals surface area contributed by atoms with E-state index in [9.17, 15) is 14.7 Å². The zero-order valence-electron chi connectivity index (χ0n) is 26.1. The molecule has 11 heteroatoms. The van der Waals surface area contributed by atoms with Gasteiger partial charge in [-0.25, -0.2) is 0 Å². The molecule has 0 radical (unpaired) electrons. The van der Waals surface area contributed by atoms with Crippen molar-refractivity contribution in [3.63, 3.8) is 0 Å². The summed E-state index contributed by atoms with van der Waals surface area (Å²) >= 11 is 0. The minimum atomic E-state index is -0.560. The molecule has 4 heterocycles. The van der Waals surface area contributed by atoms with Crippen LogP contribution in [0.2, 0.25) is 0 Å². The normalized spacial score (nSPS) is 38.6. The molecule has 0 aromatic carbocycles. The Morgan fingerprint density at radius 3 is 2.67 bits per heavy atom. The van der Waals surface area contributed by atoms with Crippen LogP contribution in [0.3, 0.4) is 0 Å². The molecule has 5 fully saturated rings. The van der Waals surface area contributed by atoms with Crippen molar-refractivity contribution in [1.82, 2.24) is 31.1 Å². The van der Waals surface area contributed by atoms with Crippen molar-refractivity contribution in [3.8, 4) is 0 Å². The van der Waals surface area contributed by atoms with Crippen LogP contribution in [0, 0.1) is 23.7 Å². The second-order valence-electron chi connectivity index (χ2n) is 13.8. The summed E-state index contributed by atoms with van der Waals surface area (Å²) in [5.41, 5.74) is 0. The van der Waals surface area contributed by atoms with Gasteiger partial charge in [0.1, 0.15) is 0 Å². The van der Waals surface area contributed by atoms with Gasteiger partial charge in [0.15, 0.2) is 0 Å². The summed E-state index contributed by atoms with van der Waals surface area (Å²) in [5.74, 6) is 1.87. The lowest BCUT2D eigenvalue weighted by molar-refractivity contribution is -0.131. The SMILES string of the molecule is CC(=O)N1CCC(NC2CC(C(=O)NC[C@H](O)CN3CCC4CC(OCC5OCNC5C)CCC4C3)CCN2)C(C)C1. The number of fused-ring (bicyclic) bond motifs is 1. The molecule has 4 saturated heterocycles. The molecular weight excluding hydrogens is 536 g/mol. The maximum Gasteiger partial charge on any atom is 0.223 e. The van der Waals surface area contributed by atoms with Crippen LogP contribution < -0.4 is 21.3 Å². The highest BCUT2D eigenvalue weighted by Gasteiger charge is 2.37. The number of amides is 2. The summed E-state index contributed by atoms with van der Waals surface area (Å²) in [6.07, 6.45) is 7.07. The zero-order valence-corrected chi connectivity index (χ0v) is 26.1. The van der Waals surface area contributed by atoms with E-state index in [0.717, 1.165) is 71.2 Å². The number of nitrogens with one attached hydrogen (secondary N) is 4. The first-order valence-electron chi connectivity index (χ1n) is 16.6. The third-order valence-corrected chi connectivity index (χ3v) is 10.7. The van der Waals surface area contributed by atoms with Crippen LogP contribution in [0.4, 0.5) is 0 Å². The van der Waals surface area contributed by atoms with E-state index in [2.05, 4.69) is 40.0 Å². The second kappa shape index (κ2) is 15.1. The predicted molar refractivity (Wildman–Crippen MR) is 160 cm³/mol. The van der Waals surface area contributed by atoms with E-state index in [0.29, 0.717) is 62.4 Å². The van der Waals surface area contributed by atoms with E-state index in [-0.39, 0.29) is 30.0 Å². The van der Waals surface area contributed by atoms with Gasteiger partial charge in [-0.15, -0.1) is 0 Å². The minimum absolute atomic E-state index is 0.0482. The molecule has 0 bridgehead atoms. The number of hydrogen-bond acceptors (Lipinski definition) is 9. The van der Waals surface area contributed by atoms with Gasteiger partial charge in [-0.3, -0.25) is 20.2 Å². The number of rotatable bonds is 10. The third kappa shape index (κ3) is 8.64. The van der Waals surface area contributed by atoms with E-state index in [4.69, 9.17) is 9.47 Å². The number of carbonyl (C=O) groups excluding carboxylic acids is 2. The Balaban J connectivity index is 0.970. The highest BCUT2D eigenvalue weighted by Crippen LogP contribution is 2.37. The molecule has 10 atom stereocenters. The highest BCUT2D eigenvalue weighted by atomic mass is 16.5. The van der Waals surface area contributed by atoms with E-state index in [1.807, 2.05) is 4.90 Å². The van der Waals surface area contributed by atoms with Gasteiger partial charge in [0.25, 0.3) is 0 Å². The first kappa shape index (κ1) is 32.1. The fourth-order valence-electron chi connectivity index (χ4n) is 7.90. The lowest BCUT2D eigenvalue weighted by atomic mass is 9.74.